The summed E-state index contributed by atoms with van der Waals surface area (Å²) in [6, 6.07) is 25.7. The van der Waals surface area contributed by atoms with Gasteiger partial charge in [-0.05, 0) is 48.4 Å². The van der Waals surface area contributed by atoms with E-state index in [1.807, 2.05) is 48.5 Å². The van der Waals surface area contributed by atoms with Crippen molar-refractivity contribution in [2.45, 2.75) is 18.2 Å². The van der Waals surface area contributed by atoms with Crippen LogP contribution in [0.2, 0.25) is 0 Å². The van der Waals surface area contributed by atoms with Crippen molar-refractivity contribution in [2.75, 3.05) is 0 Å². The molecule has 4 nitrogen and oxygen atoms in total. The maximum Gasteiger partial charge on any atom is 0.268 e. The Labute approximate surface area is 176 Å². The molecular weight excluding hydrogens is 394 g/mol. The van der Waals surface area contributed by atoms with E-state index in [2.05, 4.69) is 0 Å². The third-order valence-corrected chi connectivity index (χ3v) is 6.70. The first-order valence-corrected chi connectivity index (χ1v) is 11.1. The second kappa shape index (κ2) is 8.13. The van der Waals surface area contributed by atoms with Gasteiger partial charge in [0.15, 0.2) is 5.78 Å². The summed E-state index contributed by atoms with van der Waals surface area (Å²) in [5.74, 6) is -0.144. The lowest BCUT2D eigenvalue weighted by molar-refractivity contribution is -0.112. The van der Waals surface area contributed by atoms with Gasteiger partial charge in [0.1, 0.15) is 0 Å². The molecule has 0 aliphatic carbocycles. The minimum atomic E-state index is -3.86. The lowest BCUT2D eigenvalue weighted by atomic mass is 10.0. The van der Waals surface area contributed by atoms with Crippen LogP contribution in [0.15, 0.2) is 95.9 Å². The third-order valence-electron chi connectivity index (χ3n) is 4.96. The van der Waals surface area contributed by atoms with Crippen molar-refractivity contribution in [3.8, 4) is 0 Å². The Hall–Kier alpha value is -3.44. The number of fused-ring (bicyclic) bond motifs is 1. The average molecular weight is 416 g/mol. The fourth-order valence-corrected chi connectivity index (χ4v) is 5.16. The quantitative estimate of drug-likeness (QED) is 0.413. The molecule has 0 bridgehead atoms. The van der Waals surface area contributed by atoms with Crippen LogP contribution in [0, 0.1) is 0 Å². The number of hydrogen-bond donors (Lipinski definition) is 0. The van der Waals surface area contributed by atoms with Gasteiger partial charge in [-0.15, -0.1) is 0 Å². The van der Waals surface area contributed by atoms with E-state index in [-0.39, 0.29) is 10.7 Å². The van der Waals surface area contributed by atoms with E-state index in [9.17, 15) is 13.2 Å². The highest BCUT2D eigenvalue weighted by atomic mass is 32.2. The fraction of sp³-hybridized carbons (Fsp3) is 0.0800. The number of allylic oxidation sites excluding steroid dienone is 1. The Morgan fingerprint density at radius 3 is 2.13 bits per heavy atom. The van der Waals surface area contributed by atoms with E-state index >= 15 is 0 Å². The number of carbonyl (C=O) groups is 1. The number of aromatic nitrogens is 1. The SMILES string of the molecule is CC(=O)/C=C/c1c(Cc2ccccc2)c2ccccc2n1S(=O)(=O)c1ccccc1. The molecule has 5 heteroatoms. The predicted molar refractivity (Wildman–Crippen MR) is 120 cm³/mol. The summed E-state index contributed by atoms with van der Waals surface area (Å²) >= 11 is 0. The number of nitrogens with zero attached hydrogens (tertiary/aromatic N) is 1. The van der Waals surface area contributed by atoms with Crippen LogP contribution < -0.4 is 0 Å². The van der Waals surface area contributed by atoms with Crippen LogP contribution in [-0.4, -0.2) is 18.2 Å². The Kier molecular flexibility index (Phi) is 5.38. The molecule has 0 saturated carbocycles. The van der Waals surface area contributed by atoms with Crippen molar-refractivity contribution in [3.05, 3.63) is 108 Å². The summed E-state index contributed by atoms with van der Waals surface area (Å²) < 4.78 is 28.6. The van der Waals surface area contributed by atoms with E-state index in [1.54, 1.807) is 42.5 Å². The molecular formula is C25H21NO3S. The van der Waals surface area contributed by atoms with Crippen LogP contribution in [0.5, 0.6) is 0 Å². The van der Waals surface area contributed by atoms with E-state index < -0.39 is 10.0 Å². The normalized spacial score (nSPS) is 11.9. The number of carbonyl (C=O) groups excluding carboxylic acids is 1. The van der Waals surface area contributed by atoms with Crippen molar-refractivity contribution in [3.63, 3.8) is 0 Å². The van der Waals surface area contributed by atoms with Gasteiger partial charge in [-0.25, -0.2) is 12.4 Å². The van der Waals surface area contributed by atoms with Crippen molar-refractivity contribution < 1.29 is 13.2 Å². The average Bonchev–Trinajstić information content (AvgIpc) is 3.07. The highest BCUT2D eigenvalue weighted by molar-refractivity contribution is 7.90. The topological polar surface area (TPSA) is 56.1 Å². The Morgan fingerprint density at radius 2 is 1.47 bits per heavy atom. The zero-order valence-corrected chi connectivity index (χ0v) is 17.3. The molecule has 1 heterocycles. The molecule has 0 N–H and O–H groups in total. The maximum atomic E-state index is 13.6. The smallest absolute Gasteiger partial charge is 0.268 e. The Morgan fingerprint density at radius 1 is 0.867 bits per heavy atom. The third kappa shape index (κ3) is 3.72. The minimum Gasteiger partial charge on any atom is -0.295 e. The lowest BCUT2D eigenvalue weighted by Gasteiger charge is -2.11. The molecule has 3 aromatic carbocycles. The molecule has 0 unspecified atom stereocenters. The van der Waals surface area contributed by atoms with Crippen molar-refractivity contribution in [1.82, 2.24) is 3.97 Å². The van der Waals surface area contributed by atoms with Gasteiger partial charge < -0.3 is 0 Å². The first-order chi connectivity index (χ1) is 14.5. The van der Waals surface area contributed by atoms with Gasteiger partial charge in [-0.3, -0.25) is 4.79 Å². The standard InChI is InChI=1S/C25H21NO3S/c1-19(27)16-17-25-23(18-20-10-4-2-5-11-20)22-14-8-9-15-24(22)26(25)30(28,29)21-12-6-3-7-13-21/h2-17H,18H2,1H3/b17-16+. The first-order valence-electron chi connectivity index (χ1n) is 9.64. The highest BCUT2D eigenvalue weighted by Gasteiger charge is 2.25. The summed E-state index contributed by atoms with van der Waals surface area (Å²) in [6.07, 6.45) is 3.58. The molecule has 4 rings (SSSR count). The molecule has 0 fully saturated rings. The summed E-state index contributed by atoms with van der Waals surface area (Å²) in [6.45, 7) is 1.45. The lowest BCUT2D eigenvalue weighted by Crippen LogP contribution is -2.14. The van der Waals surface area contributed by atoms with Crippen molar-refractivity contribution in [1.29, 1.82) is 0 Å². The van der Waals surface area contributed by atoms with Crippen LogP contribution in [0.1, 0.15) is 23.7 Å². The van der Waals surface area contributed by atoms with Gasteiger partial charge in [0.2, 0.25) is 0 Å². The van der Waals surface area contributed by atoms with Crippen LogP contribution in [0.4, 0.5) is 0 Å². The highest BCUT2D eigenvalue weighted by Crippen LogP contribution is 2.33. The van der Waals surface area contributed by atoms with Crippen LogP contribution in [0.25, 0.3) is 17.0 Å². The monoisotopic (exact) mass is 415 g/mol. The van der Waals surface area contributed by atoms with Gasteiger partial charge in [0, 0.05) is 11.8 Å². The largest absolute Gasteiger partial charge is 0.295 e. The molecule has 150 valence electrons. The van der Waals surface area contributed by atoms with Gasteiger partial charge in [0.25, 0.3) is 10.0 Å². The summed E-state index contributed by atoms with van der Waals surface area (Å²) in [5, 5.41) is 0.851. The van der Waals surface area contributed by atoms with Gasteiger partial charge in [-0.1, -0.05) is 66.7 Å². The van der Waals surface area contributed by atoms with E-state index in [4.69, 9.17) is 0 Å². The molecule has 0 spiro atoms. The number of ketones is 1. The molecule has 0 aliphatic rings. The summed E-state index contributed by atoms with van der Waals surface area (Å²) in [5.41, 5.74) is 3.03. The second-order valence-electron chi connectivity index (χ2n) is 7.07. The molecule has 0 atom stereocenters. The number of para-hydroxylation sites is 1. The van der Waals surface area contributed by atoms with Crippen molar-refractivity contribution in [2.24, 2.45) is 0 Å². The second-order valence-corrected chi connectivity index (χ2v) is 8.86. The molecule has 0 amide bonds. The zero-order chi connectivity index (χ0) is 21.1. The van der Waals surface area contributed by atoms with E-state index in [0.717, 1.165) is 16.5 Å². The number of hydrogen-bond acceptors (Lipinski definition) is 3. The molecule has 1 aromatic heterocycles. The molecule has 0 aliphatic heterocycles. The van der Waals surface area contributed by atoms with Gasteiger partial charge >= 0.3 is 0 Å². The van der Waals surface area contributed by atoms with E-state index in [0.29, 0.717) is 17.6 Å². The number of benzene rings is 3. The maximum absolute atomic E-state index is 13.6. The zero-order valence-electron chi connectivity index (χ0n) is 16.5. The molecule has 30 heavy (non-hydrogen) atoms. The van der Waals surface area contributed by atoms with Crippen LogP contribution in [0.3, 0.4) is 0 Å². The molecule has 4 aromatic rings. The molecule has 0 saturated heterocycles. The predicted octanol–water partition coefficient (Wildman–Crippen LogP) is 5.07. The van der Waals surface area contributed by atoms with Crippen LogP contribution in [-0.2, 0) is 21.2 Å². The first kappa shape index (κ1) is 19.9. The summed E-state index contributed by atoms with van der Waals surface area (Å²) in [7, 11) is -3.86. The summed E-state index contributed by atoms with van der Waals surface area (Å²) in [4.78, 5) is 11.9. The minimum absolute atomic E-state index is 0.144. The van der Waals surface area contributed by atoms with E-state index in [1.165, 1.54) is 17.0 Å². The number of rotatable bonds is 6. The Bertz CT molecular complexity index is 1340. The van der Waals surface area contributed by atoms with Crippen molar-refractivity contribution >= 4 is 32.8 Å². The fourth-order valence-electron chi connectivity index (χ4n) is 3.60. The Balaban J connectivity index is 2.04. The van der Waals surface area contributed by atoms with Gasteiger partial charge in [0.05, 0.1) is 16.1 Å². The van der Waals surface area contributed by atoms with Gasteiger partial charge in [-0.2, -0.15) is 0 Å². The molecule has 0 radical (unpaired) electrons. The van der Waals surface area contributed by atoms with Crippen LogP contribution >= 0.6 is 0 Å².